The summed E-state index contributed by atoms with van der Waals surface area (Å²) in [5, 5.41) is 14.6. The predicted octanol–water partition coefficient (Wildman–Crippen LogP) is 1.54. The molecule has 0 saturated carbocycles. The molecule has 14 heteroatoms. The van der Waals surface area contributed by atoms with Gasteiger partial charge < -0.3 is 36.1 Å². The average molecular weight is 560 g/mol. The molecular formula is C25H30ClN7O6. The van der Waals surface area contributed by atoms with Crippen LogP contribution in [0.15, 0.2) is 30.7 Å². The number of carboxylic acids is 1. The van der Waals surface area contributed by atoms with Crippen molar-refractivity contribution in [2.75, 3.05) is 31.6 Å². The van der Waals surface area contributed by atoms with Gasteiger partial charge in [-0.15, -0.1) is 12.4 Å². The van der Waals surface area contributed by atoms with Crippen molar-refractivity contribution in [3.63, 3.8) is 0 Å². The Morgan fingerprint density at radius 1 is 1.23 bits per heavy atom. The zero-order chi connectivity index (χ0) is 27.2. The fourth-order valence-electron chi connectivity index (χ4n) is 4.26. The summed E-state index contributed by atoms with van der Waals surface area (Å²) in [6, 6.07) is 5.19. The third kappa shape index (κ3) is 7.00. The Morgan fingerprint density at radius 3 is 2.64 bits per heavy atom. The number of rotatable bonds is 5. The van der Waals surface area contributed by atoms with Crippen LogP contribution in [0, 0.1) is 5.92 Å². The molecule has 3 amide bonds. The summed E-state index contributed by atoms with van der Waals surface area (Å²) in [5.41, 5.74) is 7.23. The minimum atomic E-state index is -1.15. The largest absolute Gasteiger partial charge is 0.482 e. The maximum Gasteiger partial charge on any atom is 0.339 e. The van der Waals surface area contributed by atoms with Crippen LogP contribution in [0.2, 0.25) is 0 Å². The number of carbonyl (C=O) groups is 4. The number of carboxylic acid groups (broad SMARTS) is 1. The second-order valence-corrected chi connectivity index (χ2v) is 8.99. The fourth-order valence-corrected chi connectivity index (χ4v) is 4.26. The van der Waals surface area contributed by atoms with E-state index in [4.69, 9.17) is 15.6 Å². The normalized spacial score (nSPS) is 14.6. The standard InChI is InChI=1S/C17H13N5O5.C8H16N2O.ClH/c23-12-6-27-11-2-1-8(3-10(11)22-12)4-19-16(24)15-14-13(20-7-21-15)9(5-18-14)17(25)26;1-7(11)10-4-2-8(6-9)3-5-10;/h1-3,5,7,18H,4,6H2,(H,19,24)(H,22,23)(H,25,26);8H,2-6,9H2,1H3;1H. The molecular weight excluding hydrogens is 530 g/mol. The first-order valence-corrected chi connectivity index (χ1v) is 12.1. The van der Waals surface area contributed by atoms with Crippen LogP contribution in [0.25, 0.3) is 11.0 Å². The van der Waals surface area contributed by atoms with Crippen molar-refractivity contribution in [2.24, 2.45) is 11.7 Å². The number of hydrogen-bond acceptors (Lipinski definition) is 8. The average Bonchev–Trinajstić information content (AvgIpc) is 3.36. The lowest BCUT2D eigenvalue weighted by molar-refractivity contribution is -0.130. The summed E-state index contributed by atoms with van der Waals surface area (Å²) in [4.78, 5) is 58.5. The second kappa shape index (κ2) is 13.0. The number of H-pyrrole nitrogens is 1. The number of fused-ring (bicyclic) bond motifs is 2. The lowest BCUT2D eigenvalue weighted by atomic mass is 9.97. The second-order valence-electron chi connectivity index (χ2n) is 8.99. The molecule has 4 heterocycles. The molecule has 3 aromatic rings. The highest BCUT2D eigenvalue weighted by atomic mass is 35.5. The van der Waals surface area contributed by atoms with Crippen LogP contribution in [-0.4, -0.2) is 74.9 Å². The number of hydrogen-bond donors (Lipinski definition) is 5. The number of nitrogens with one attached hydrogen (secondary N) is 3. The molecule has 0 unspecified atom stereocenters. The number of carbonyl (C=O) groups excluding carboxylic acids is 3. The zero-order valence-electron chi connectivity index (χ0n) is 21.2. The fraction of sp³-hybridized carbons (Fsp3) is 0.360. The van der Waals surface area contributed by atoms with Crippen molar-refractivity contribution in [3.05, 3.63) is 47.5 Å². The Balaban J connectivity index is 0.000000297. The van der Waals surface area contributed by atoms with Crippen LogP contribution in [0.5, 0.6) is 5.75 Å². The summed E-state index contributed by atoms with van der Waals surface area (Å²) >= 11 is 0. The van der Waals surface area contributed by atoms with Gasteiger partial charge in [-0.1, -0.05) is 6.07 Å². The van der Waals surface area contributed by atoms with Gasteiger partial charge in [0.2, 0.25) is 5.91 Å². The summed E-state index contributed by atoms with van der Waals surface area (Å²) in [5.74, 6) is -0.474. The third-order valence-electron chi connectivity index (χ3n) is 6.43. The molecule has 1 aromatic carbocycles. The number of benzene rings is 1. The monoisotopic (exact) mass is 559 g/mol. The van der Waals surface area contributed by atoms with Gasteiger partial charge in [0, 0.05) is 32.8 Å². The molecule has 0 bridgehead atoms. The van der Waals surface area contributed by atoms with Gasteiger partial charge in [-0.25, -0.2) is 14.8 Å². The van der Waals surface area contributed by atoms with E-state index in [0.717, 1.165) is 44.4 Å². The summed E-state index contributed by atoms with van der Waals surface area (Å²) in [7, 11) is 0. The van der Waals surface area contributed by atoms with Crippen LogP contribution in [-0.2, 0) is 16.1 Å². The minimum absolute atomic E-state index is 0. The zero-order valence-corrected chi connectivity index (χ0v) is 22.0. The molecule has 5 rings (SSSR count). The number of piperidine rings is 1. The maximum atomic E-state index is 12.5. The van der Waals surface area contributed by atoms with Gasteiger partial charge in [0.05, 0.1) is 11.2 Å². The number of nitrogens with two attached hydrogens (primary N) is 1. The molecule has 2 aliphatic heterocycles. The molecule has 0 atom stereocenters. The van der Waals surface area contributed by atoms with Crippen LogP contribution in [0.4, 0.5) is 5.69 Å². The molecule has 0 aliphatic carbocycles. The third-order valence-corrected chi connectivity index (χ3v) is 6.43. The molecule has 39 heavy (non-hydrogen) atoms. The molecule has 6 N–H and O–H groups in total. The Bertz CT molecular complexity index is 1370. The Morgan fingerprint density at radius 2 is 1.97 bits per heavy atom. The van der Waals surface area contributed by atoms with Crippen LogP contribution >= 0.6 is 12.4 Å². The lowest BCUT2D eigenvalue weighted by Gasteiger charge is -2.30. The molecule has 2 aromatic heterocycles. The number of aromatic carboxylic acids is 1. The topological polar surface area (TPSA) is 193 Å². The van der Waals surface area contributed by atoms with Crippen molar-refractivity contribution < 1.29 is 29.0 Å². The van der Waals surface area contributed by atoms with Gasteiger partial charge in [-0.05, 0) is 43.0 Å². The predicted molar refractivity (Wildman–Crippen MR) is 144 cm³/mol. The van der Waals surface area contributed by atoms with Crippen molar-refractivity contribution in [2.45, 2.75) is 26.3 Å². The molecule has 0 radical (unpaired) electrons. The molecule has 1 saturated heterocycles. The van der Waals surface area contributed by atoms with Gasteiger partial charge in [0.15, 0.2) is 12.3 Å². The SMILES string of the molecule is CC(=O)N1CCC(CN)CC1.Cl.O=C1COc2ccc(CNC(=O)c3ncnc4c(C(=O)O)c[nH]c34)cc2N1. The molecule has 2 aliphatic rings. The van der Waals surface area contributed by atoms with Crippen molar-refractivity contribution in [1.29, 1.82) is 0 Å². The summed E-state index contributed by atoms with van der Waals surface area (Å²) in [6.07, 6.45) is 4.57. The quantitative estimate of drug-likeness (QED) is 0.308. The number of halogens is 1. The number of amides is 3. The first-order valence-electron chi connectivity index (χ1n) is 12.1. The van der Waals surface area contributed by atoms with E-state index in [0.29, 0.717) is 17.4 Å². The lowest BCUT2D eigenvalue weighted by Crippen LogP contribution is -2.38. The van der Waals surface area contributed by atoms with Gasteiger partial charge in [-0.3, -0.25) is 14.4 Å². The van der Waals surface area contributed by atoms with E-state index in [-0.39, 0.29) is 59.7 Å². The minimum Gasteiger partial charge on any atom is -0.482 e. The van der Waals surface area contributed by atoms with Crippen molar-refractivity contribution in [3.8, 4) is 5.75 Å². The molecule has 1 fully saturated rings. The number of nitrogens with zero attached hydrogens (tertiary/aromatic N) is 3. The molecule has 0 spiro atoms. The van der Waals surface area contributed by atoms with E-state index in [1.807, 2.05) is 4.90 Å². The number of ether oxygens (including phenoxy) is 1. The van der Waals surface area contributed by atoms with Crippen LogP contribution < -0.4 is 21.1 Å². The van der Waals surface area contributed by atoms with Crippen LogP contribution in [0.3, 0.4) is 0 Å². The van der Waals surface area contributed by atoms with Crippen molar-refractivity contribution >= 4 is 52.8 Å². The number of aromatic nitrogens is 3. The Kier molecular flexibility index (Phi) is 9.79. The molecule has 13 nitrogen and oxygen atoms in total. The first-order chi connectivity index (χ1) is 18.3. The molecule has 208 valence electrons. The smallest absolute Gasteiger partial charge is 0.339 e. The number of aromatic amines is 1. The highest BCUT2D eigenvalue weighted by molar-refractivity contribution is 6.08. The highest BCUT2D eigenvalue weighted by Crippen LogP contribution is 2.28. The van der Waals surface area contributed by atoms with E-state index in [1.54, 1.807) is 25.1 Å². The number of anilines is 1. The Labute approximate surface area is 229 Å². The van der Waals surface area contributed by atoms with Crippen molar-refractivity contribution in [1.82, 2.24) is 25.2 Å². The van der Waals surface area contributed by atoms with E-state index < -0.39 is 11.9 Å². The highest BCUT2D eigenvalue weighted by Gasteiger charge is 2.20. The van der Waals surface area contributed by atoms with E-state index in [1.165, 1.54) is 6.20 Å². The van der Waals surface area contributed by atoms with E-state index in [2.05, 4.69) is 25.6 Å². The summed E-state index contributed by atoms with van der Waals surface area (Å²) < 4.78 is 5.29. The van der Waals surface area contributed by atoms with Crippen LogP contribution in [0.1, 0.15) is 46.2 Å². The Hall–Kier alpha value is -4.23. The van der Waals surface area contributed by atoms with Gasteiger partial charge in [0.1, 0.15) is 23.2 Å². The van der Waals surface area contributed by atoms with Gasteiger partial charge in [0.25, 0.3) is 11.8 Å². The summed E-state index contributed by atoms with van der Waals surface area (Å²) in [6.45, 7) is 4.35. The van der Waals surface area contributed by atoms with Gasteiger partial charge in [-0.2, -0.15) is 0 Å². The maximum absolute atomic E-state index is 12.5. The number of likely N-dealkylation sites (tertiary alicyclic amines) is 1. The first kappa shape index (κ1) is 29.3. The van der Waals surface area contributed by atoms with Gasteiger partial charge >= 0.3 is 5.97 Å². The van der Waals surface area contributed by atoms with E-state index >= 15 is 0 Å². The van der Waals surface area contributed by atoms with E-state index in [9.17, 15) is 19.2 Å².